The molecule has 4 aromatic rings. The van der Waals surface area contributed by atoms with Gasteiger partial charge in [0.15, 0.2) is 0 Å². The van der Waals surface area contributed by atoms with Gasteiger partial charge in [0.05, 0.1) is 22.6 Å². The van der Waals surface area contributed by atoms with E-state index in [4.69, 9.17) is 0 Å². The first-order valence-corrected chi connectivity index (χ1v) is 9.08. The molecule has 5 nitrogen and oxygen atoms in total. The highest BCUT2D eigenvalue weighted by Crippen LogP contribution is 2.21. The van der Waals surface area contributed by atoms with E-state index < -0.39 is 0 Å². The molecule has 0 bridgehead atoms. The highest BCUT2D eigenvalue weighted by atomic mass is 16.1. The van der Waals surface area contributed by atoms with Crippen LogP contribution in [0.5, 0.6) is 0 Å². The van der Waals surface area contributed by atoms with E-state index in [9.17, 15) is 4.79 Å². The van der Waals surface area contributed by atoms with Gasteiger partial charge in [-0.25, -0.2) is 4.68 Å². The average Bonchev–Trinajstić information content (AvgIpc) is 3.01. The Kier molecular flexibility index (Phi) is 4.72. The van der Waals surface area contributed by atoms with Crippen LogP contribution < -0.4 is 5.32 Å². The number of carbonyl (C=O) groups is 1. The summed E-state index contributed by atoms with van der Waals surface area (Å²) in [7, 11) is 0. The van der Waals surface area contributed by atoms with Crippen molar-refractivity contribution >= 4 is 28.6 Å². The lowest BCUT2D eigenvalue weighted by atomic mass is 10.1. The van der Waals surface area contributed by atoms with Crippen molar-refractivity contribution in [2.75, 3.05) is 5.32 Å². The van der Waals surface area contributed by atoms with E-state index in [0.717, 1.165) is 33.5 Å². The fraction of sp³-hybridized carbons (Fsp3) is 0.0870. The van der Waals surface area contributed by atoms with Crippen molar-refractivity contribution in [3.8, 4) is 5.69 Å². The number of rotatable bonds is 4. The van der Waals surface area contributed by atoms with E-state index in [1.807, 2.05) is 85.3 Å². The first-order valence-electron chi connectivity index (χ1n) is 9.08. The highest BCUT2D eigenvalue weighted by Gasteiger charge is 2.11. The van der Waals surface area contributed by atoms with Gasteiger partial charge in [0.2, 0.25) is 5.91 Å². The number of aryl methyl sites for hydroxylation is 1. The van der Waals surface area contributed by atoms with Crippen LogP contribution in [0.2, 0.25) is 0 Å². The number of para-hydroxylation sites is 2. The Morgan fingerprint density at radius 3 is 2.61 bits per heavy atom. The predicted octanol–water partition coefficient (Wildman–Crippen LogP) is 4.69. The molecule has 0 aliphatic rings. The van der Waals surface area contributed by atoms with E-state index in [2.05, 4.69) is 15.4 Å². The zero-order valence-electron chi connectivity index (χ0n) is 15.8. The number of fused-ring (bicyclic) bond motifs is 1. The molecule has 5 heteroatoms. The molecule has 0 radical (unpaired) electrons. The Morgan fingerprint density at radius 1 is 1.00 bits per heavy atom. The number of carbonyl (C=O) groups excluding carboxylic acids is 1. The largest absolute Gasteiger partial charge is 0.321 e. The first kappa shape index (κ1) is 17.7. The number of aromatic nitrogens is 3. The van der Waals surface area contributed by atoms with E-state index in [1.54, 1.807) is 6.20 Å². The number of benzene rings is 2. The summed E-state index contributed by atoms with van der Waals surface area (Å²) in [6.45, 7) is 3.94. The third-order valence-electron chi connectivity index (χ3n) is 4.64. The van der Waals surface area contributed by atoms with Crippen molar-refractivity contribution in [1.29, 1.82) is 0 Å². The van der Waals surface area contributed by atoms with Gasteiger partial charge in [-0.15, -0.1) is 0 Å². The summed E-state index contributed by atoms with van der Waals surface area (Å²) >= 11 is 0. The third kappa shape index (κ3) is 3.42. The minimum absolute atomic E-state index is 0.204. The molecular formula is C23H20N4O. The Bertz CT molecular complexity index is 1170. The molecule has 1 N–H and O–H groups in total. The zero-order chi connectivity index (χ0) is 19.5. The van der Waals surface area contributed by atoms with Crippen LogP contribution in [0.3, 0.4) is 0 Å². The summed E-state index contributed by atoms with van der Waals surface area (Å²) in [4.78, 5) is 16.8. The number of amides is 1. The normalized spacial score (nSPS) is 11.2. The van der Waals surface area contributed by atoms with Gasteiger partial charge >= 0.3 is 0 Å². The quantitative estimate of drug-likeness (QED) is 0.532. The number of nitrogens with one attached hydrogen (secondary N) is 1. The van der Waals surface area contributed by atoms with Crippen LogP contribution in [0.25, 0.3) is 22.7 Å². The minimum Gasteiger partial charge on any atom is -0.321 e. The Hall–Kier alpha value is -3.73. The zero-order valence-corrected chi connectivity index (χ0v) is 15.8. The number of hydrogen-bond acceptors (Lipinski definition) is 3. The van der Waals surface area contributed by atoms with E-state index in [0.29, 0.717) is 5.69 Å². The molecule has 2 aromatic carbocycles. The molecule has 138 valence electrons. The molecule has 0 fully saturated rings. The van der Waals surface area contributed by atoms with Gasteiger partial charge in [0, 0.05) is 28.9 Å². The van der Waals surface area contributed by atoms with E-state index in [1.165, 1.54) is 6.08 Å². The molecule has 1 amide bonds. The molecule has 0 saturated carbocycles. The predicted molar refractivity (Wildman–Crippen MR) is 112 cm³/mol. The molecule has 0 aliphatic heterocycles. The van der Waals surface area contributed by atoms with Gasteiger partial charge in [0.25, 0.3) is 0 Å². The maximum Gasteiger partial charge on any atom is 0.248 e. The van der Waals surface area contributed by atoms with Crippen LogP contribution >= 0.6 is 0 Å². The summed E-state index contributed by atoms with van der Waals surface area (Å²) in [6, 6.07) is 19.5. The summed E-state index contributed by atoms with van der Waals surface area (Å²) in [6.07, 6.45) is 5.07. The minimum atomic E-state index is -0.204. The topological polar surface area (TPSA) is 59.8 Å². The van der Waals surface area contributed by atoms with Gasteiger partial charge in [-0.05, 0) is 44.2 Å². The lowest BCUT2D eigenvalue weighted by molar-refractivity contribution is -0.111. The van der Waals surface area contributed by atoms with Crippen molar-refractivity contribution in [1.82, 2.24) is 14.8 Å². The number of anilines is 1. The summed E-state index contributed by atoms with van der Waals surface area (Å²) in [5.41, 5.74) is 5.26. The van der Waals surface area contributed by atoms with Crippen molar-refractivity contribution in [2.45, 2.75) is 13.8 Å². The smallest absolute Gasteiger partial charge is 0.248 e. The van der Waals surface area contributed by atoms with Gasteiger partial charge in [-0.2, -0.15) is 5.10 Å². The van der Waals surface area contributed by atoms with Crippen LogP contribution in [0.1, 0.15) is 17.0 Å². The SMILES string of the molecule is Cc1nn(-c2ccccc2)c(C)c1/C=C/C(=O)Nc1cccc2cccnc12. The lowest BCUT2D eigenvalue weighted by Gasteiger charge is -2.06. The molecule has 0 aliphatic carbocycles. The molecule has 2 aromatic heterocycles. The summed E-state index contributed by atoms with van der Waals surface area (Å²) < 4.78 is 1.89. The number of hydrogen-bond donors (Lipinski definition) is 1. The molecule has 0 atom stereocenters. The Balaban J connectivity index is 1.58. The molecule has 28 heavy (non-hydrogen) atoms. The number of nitrogens with zero attached hydrogens (tertiary/aromatic N) is 3. The molecule has 4 rings (SSSR count). The third-order valence-corrected chi connectivity index (χ3v) is 4.64. The maximum atomic E-state index is 12.5. The summed E-state index contributed by atoms with van der Waals surface area (Å²) in [5.74, 6) is -0.204. The van der Waals surface area contributed by atoms with Crippen molar-refractivity contribution < 1.29 is 4.79 Å². The standard InChI is InChI=1S/C23H20N4O/c1-16-20(17(2)27(26-16)19-10-4-3-5-11-19)13-14-22(28)25-21-12-6-8-18-9-7-15-24-23(18)21/h3-15H,1-2H3,(H,25,28)/b14-13+. The molecule has 2 heterocycles. The van der Waals surface area contributed by atoms with Gasteiger partial charge in [-0.3, -0.25) is 9.78 Å². The van der Waals surface area contributed by atoms with E-state index >= 15 is 0 Å². The maximum absolute atomic E-state index is 12.5. The van der Waals surface area contributed by atoms with Crippen molar-refractivity contribution in [2.24, 2.45) is 0 Å². The van der Waals surface area contributed by atoms with Crippen molar-refractivity contribution in [3.05, 3.63) is 89.9 Å². The fourth-order valence-corrected chi connectivity index (χ4v) is 3.26. The van der Waals surface area contributed by atoms with Crippen LogP contribution in [0.15, 0.2) is 72.9 Å². The van der Waals surface area contributed by atoms with Crippen molar-refractivity contribution in [3.63, 3.8) is 0 Å². The Labute approximate surface area is 163 Å². The molecule has 0 unspecified atom stereocenters. The second kappa shape index (κ2) is 7.48. The second-order valence-corrected chi connectivity index (χ2v) is 6.54. The van der Waals surface area contributed by atoms with Crippen LogP contribution in [-0.2, 0) is 4.79 Å². The first-order chi connectivity index (χ1) is 13.6. The highest BCUT2D eigenvalue weighted by molar-refractivity contribution is 6.06. The molecular weight excluding hydrogens is 348 g/mol. The van der Waals surface area contributed by atoms with Gasteiger partial charge in [-0.1, -0.05) is 36.4 Å². The number of pyridine rings is 1. The van der Waals surface area contributed by atoms with Crippen LogP contribution in [0, 0.1) is 13.8 Å². The molecule has 0 spiro atoms. The lowest BCUT2D eigenvalue weighted by Crippen LogP contribution is -2.08. The summed E-state index contributed by atoms with van der Waals surface area (Å²) in [5, 5.41) is 8.51. The van der Waals surface area contributed by atoms with Gasteiger partial charge < -0.3 is 5.32 Å². The Morgan fingerprint density at radius 2 is 1.79 bits per heavy atom. The second-order valence-electron chi connectivity index (χ2n) is 6.54. The molecule has 0 saturated heterocycles. The van der Waals surface area contributed by atoms with Crippen LogP contribution in [-0.4, -0.2) is 20.7 Å². The van der Waals surface area contributed by atoms with Crippen LogP contribution in [0.4, 0.5) is 5.69 Å². The average molecular weight is 368 g/mol. The van der Waals surface area contributed by atoms with Gasteiger partial charge in [0.1, 0.15) is 0 Å². The monoisotopic (exact) mass is 368 g/mol. The fourth-order valence-electron chi connectivity index (χ4n) is 3.26. The van der Waals surface area contributed by atoms with E-state index in [-0.39, 0.29) is 5.91 Å².